The first kappa shape index (κ1) is 14.3. The molecule has 3 heteroatoms. The van der Waals surface area contributed by atoms with E-state index in [-0.39, 0.29) is 12.6 Å². The molecule has 2 unspecified atom stereocenters. The van der Waals surface area contributed by atoms with E-state index in [0.29, 0.717) is 17.4 Å². The normalized spacial score (nSPS) is 27.0. The summed E-state index contributed by atoms with van der Waals surface area (Å²) in [5, 5.41) is 13.1. The Morgan fingerprint density at radius 2 is 2.12 bits per heavy atom. The lowest BCUT2D eigenvalue weighted by atomic mass is 9.81. The first-order valence-corrected chi connectivity index (χ1v) is 7.56. The molecule has 0 aliphatic carbocycles. The third kappa shape index (κ3) is 4.27. The van der Waals surface area contributed by atoms with Crippen LogP contribution in [0.15, 0.2) is 0 Å². The van der Waals surface area contributed by atoms with Crippen molar-refractivity contribution in [3.63, 3.8) is 0 Å². The molecule has 2 N–H and O–H groups in total. The SMILES string of the molecule is CC(C)CC(CO)NC1CSCCC1(C)C. The number of aliphatic hydroxyl groups excluding tert-OH is 1. The fraction of sp³-hybridized carbons (Fsp3) is 1.00. The zero-order chi connectivity index (χ0) is 12.2. The minimum atomic E-state index is 0.259. The van der Waals surface area contributed by atoms with Crippen molar-refractivity contribution in [3.8, 4) is 0 Å². The molecular weight excluding hydrogens is 218 g/mol. The van der Waals surface area contributed by atoms with E-state index in [2.05, 4.69) is 33.0 Å². The van der Waals surface area contributed by atoms with E-state index in [4.69, 9.17) is 0 Å². The van der Waals surface area contributed by atoms with E-state index in [1.807, 2.05) is 11.8 Å². The molecule has 0 aromatic heterocycles. The highest BCUT2D eigenvalue weighted by Gasteiger charge is 2.33. The minimum absolute atomic E-state index is 0.259. The van der Waals surface area contributed by atoms with Crippen molar-refractivity contribution < 1.29 is 5.11 Å². The van der Waals surface area contributed by atoms with E-state index in [9.17, 15) is 5.11 Å². The molecule has 2 nitrogen and oxygen atoms in total. The first-order chi connectivity index (χ1) is 7.45. The highest BCUT2D eigenvalue weighted by molar-refractivity contribution is 7.99. The van der Waals surface area contributed by atoms with Crippen molar-refractivity contribution in [2.24, 2.45) is 11.3 Å². The molecule has 0 bridgehead atoms. The molecule has 1 fully saturated rings. The van der Waals surface area contributed by atoms with E-state index in [0.717, 1.165) is 6.42 Å². The molecule has 0 aromatic rings. The number of nitrogens with one attached hydrogen (secondary N) is 1. The molecule has 0 aromatic carbocycles. The summed E-state index contributed by atoms with van der Waals surface area (Å²) in [6.07, 6.45) is 2.34. The first-order valence-electron chi connectivity index (χ1n) is 6.40. The smallest absolute Gasteiger partial charge is 0.0584 e. The summed E-state index contributed by atoms with van der Waals surface area (Å²) in [6.45, 7) is 9.37. The largest absolute Gasteiger partial charge is 0.395 e. The molecule has 96 valence electrons. The fourth-order valence-corrected chi connectivity index (χ4v) is 3.88. The Kier molecular flexibility index (Phi) is 5.62. The van der Waals surface area contributed by atoms with Gasteiger partial charge in [0.05, 0.1) is 6.61 Å². The summed E-state index contributed by atoms with van der Waals surface area (Å²) < 4.78 is 0. The second kappa shape index (κ2) is 6.27. The Labute approximate surface area is 105 Å². The van der Waals surface area contributed by atoms with Gasteiger partial charge < -0.3 is 10.4 Å². The Morgan fingerprint density at radius 1 is 1.44 bits per heavy atom. The van der Waals surface area contributed by atoms with Crippen LogP contribution in [-0.2, 0) is 0 Å². The number of aliphatic hydroxyl groups is 1. The molecule has 1 aliphatic rings. The van der Waals surface area contributed by atoms with Gasteiger partial charge in [0, 0.05) is 17.8 Å². The highest BCUT2D eigenvalue weighted by atomic mass is 32.2. The summed E-state index contributed by atoms with van der Waals surface area (Å²) in [7, 11) is 0. The van der Waals surface area contributed by atoms with Crippen LogP contribution in [0, 0.1) is 11.3 Å². The van der Waals surface area contributed by atoms with Crippen LogP contribution < -0.4 is 5.32 Å². The third-order valence-corrected chi connectivity index (χ3v) is 4.59. The van der Waals surface area contributed by atoms with E-state index in [1.54, 1.807) is 0 Å². The van der Waals surface area contributed by atoms with Crippen molar-refractivity contribution in [1.82, 2.24) is 5.32 Å². The van der Waals surface area contributed by atoms with Gasteiger partial charge in [-0.15, -0.1) is 0 Å². The topological polar surface area (TPSA) is 32.3 Å². The van der Waals surface area contributed by atoms with Crippen molar-refractivity contribution in [2.45, 2.75) is 52.6 Å². The molecule has 1 heterocycles. The summed E-state index contributed by atoms with van der Waals surface area (Å²) in [4.78, 5) is 0. The predicted molar refractivity (Wildman–Crippen MR) is 73.0 cm³/mol. The fourth-order valence-electron chi connectivity index (χ4n) is 2.26. The van der Waals surface area contributed by atoms with Crippen molar-refractivity contribution in [1.29, 1.82) is 0 Å². The van der Waals surface area contributed by atoms with Crippen LogP contribution in [0.5, 0.6) is 0 Å². The second-order valence-corrected chi connectivity index (χ2v) is 7.19. The number of hydrogen-bond donors (Lipinski definition) is 2. The maximum Gasteiger partial charge on any atom is 0.0584 e. The molecular formula is C13H27NOS. The van der Waals surface area contributed by atoms with Crippen LogP contribution in [0.1, 0.15) is 40.5 Å². The monoisotopic (exact) mass is 245 g/mol. The Bertz CT molecular complexity index is 206. The minimum Gasteiger partial charge on any atom is -0.395 e. The van der Waals surface area contributed by atoms with Gasteiger partial charge in [-0.1, -0.05) is 27.7 Å². The summed E-state index contributed by atoms with van der Waals surface area (Å²) in [5.74, 6) is 3.10. The lowest BCUT2D eigenvalue weighted by Crippen LogP contribution is -2.52. The van der Waals surface area contributed by atoms with Gasteiger partial charge >= 0.3 is 0 Å². The van der Waals surface area contributed by atoms with Gasteiger partial charge in [-0.05, 0) is 29.9 Å². The predicted octanol–water partition coefficient (Wildman–Crippen LogP) is 2.51. The zero-order valence-electron chi connectivity index (χ0n) is 11.1. The average Bonchev–Trinajstić information content (AvgIpc) is 2.19. The van der Waals surface area contributed by atoms with Crippen LogP contribution in [0.3, 0.4) is 0 Å². The highest BCUT2D eigenvalue weighted by Crippen LogP contribution is 2.34. The van der Waals surface area contributed by atoms with Crippen LogP contribution in [0.4, 0.5) is 0 Å². The van der Waals surface area contributed by atoms with Gasteiger partial charge in [0.2, 0.25) is 0 Å². The standard InChI is InChI=1S/C13H27NOS/c1-10(2)7-11(8-15)14-12-9-16-6-5-13(12,3)4/h10-12,14-15H,5-9H2,1-4H3. The molecule has 1 rings (SSSR count). The summed E-state index contributed by atoms with van der Waals surface area (Å²) in [6, 6.07) is 0.810. The van der Waals surface area contributed by atoms with Crippen LogP contribution >= 0.6 is 11.8 Å². The van der Waals surface area contributed by atoms with Crippen molar-refractivity contribution in [2.75, 3.05) is 18.1 Å². The number of thioether (sulfide) groups is 1. The molecule has 0 radical (unpaired) electrons. The Morgan fingerprint density at radius 3 is 2.62 bits per heavy atom. The molecule has 0 amide bonds. The number of hydrogen-bond acceptors (Lipinski definition) is 3. The van der Waals surface area contributed by atoms with Gasteiger partial charge in [0.15, 0.2) is 0 Å². The van der Waals surface area contributed by atoms with Gasteiger partial charge in [0.25, 0.3) is 0 Å². The van der Waals surface area contributed by atoms with Crippen molar-refractivity contribution >= 4 is 11.8 Å². The second-order valence-electron chi connectivity index (χ2n) is 6.04. The van der Waals surface area contributed by atoms with Crippen molar-refractivity contribution in [3.05, 3.63) is 0 Å². The number of rotatable bonds is 5. The molecule has 16 heavy (non-hydrogen) atoms. The molecule has 0 saturated carbocycles. The van der Waals surface area contributed by atoms with Crippen LogP contribution in [0.2, 0.25) is 0 Å². The Hall–Kier alpha value is 0.270. The van der Waals surface area contributed by atoms with Crippen LogP contribution in [0.25, 0.3) is 0 Å². The average molecular weight is 245 g/mol. The molecule has 1 aliphatic heterocycles. The quantitative estimate of drug-likeness (QED) is 0.780. The van der Waals surface area contributed by atoms with Gasteiger partial charge in [-0.3, -0.25) is 0 Å². The van der Waals surface area contributed by atoms with Gasteiger partial charge in [0.1, 0.15) is 0 Å². The lowest BCUT2D eigenvalue weighted by molar-refractivity contribution is 0.170. The Balaban J connectivity index is 2.49. The molecule has 1 saturated heterocycles. The molecule has 2 atom stereocenters. The maximum absolute atomic E-state index is 9.41. The third-order valence-electron chi connectivity index (χ3n) is 3.53. The van der Waals surface area contributed by atoms with Gasteiger partial charge in [-0.25, -0.2) is 0 Å². The lowest BCUT2D eigenvalue weighted by Gasteiger charge is -2.41. The summed E-state index contributed by atoms with van der Waals surface area (Å²) >= 11 is 2.03. The van der Waals surface area contributed by atoms with Crippen LogP contribution in [-0.4, -0.2) is 35.3 Å². The van der Waals surface area contributed by atoms with E-state index >= 15 is 0 Å². The van der Waals surface area contributed by atoms with E-state index < -0.39 is 0 Å². The van der Waals surface area contributed by atoms with Gasteiger partial charge in [-0.2, -0.15) is 11.8 Å². The maximum atomic E-state index is 9.41. The van der Waals surface area contributed by atoms with E-state index in [1.165, 1.54) is 17.9 Å². The molecule has 0 spiro atoms. The zero-order valence-corrected chi connectivity index (χ0v) is 11.9. The summed E-state index contributed by atoms with van der Waals surface area (Å²) in [5.41, 5.74) is 0.371.